The predicted octanol–water partition coefficient (Wildman–Crippen LogP) is 5.12. The Morgan fingerprint density at radius 1 is 1.14 bits per heavy atom. The molecule has 2 rings (SSSR count). The SMILES string of the molecule is CCOc1ccc(CNc2cc(Br)ccc2Cl)cc1OC. The van der Waals surface area contributed by atoms with E-state index < -0.39 is 0 Å². The zero-order chi connectivity index (χ0) is 15.2. The fourth-order valence-corrected chi connectivity index (χ4v) is 2.47. The van der Waals surface area contributed by atoms with Gasteiger partial charge in [-0.05, 0) is 42.8 Å². The van der Waals surface area contributed by atoms with Crippen molar-refractivity contribution in [1.82, 2.24) is 0 Å². The van der Waals surface area contributed by atoms with E-state index in [0.717, 1.165) is 27.2 Å². The molecule has 1 N–H and O–H groups in total. The minimum atomic E-state index is 0.613. The molecule has 0 saturated carbocycles. The lowest BCUT2D eigenvalue weighted by Crippen LogP contribution is -2.01. The number of methoxy groups -OCH3 is 1. The largest absolute Gasteiger partial charge is 0.493 e. The molecule has 2 aromatic carbocycles. The number of halogens is 2. The summed E-state index contributed by atoms with van der Waals surface area (Å²) >= 11 is 9.60. The standard InChI is InChI=1S/C16H17BrClNO2/c1-3-21-15-7-4-11(8-16(15)20-2)10-19-14-9-12(17)5-6-13(14)18/h4-9,19H,3,10H2,1-2H3. The van der Waals surface area contributed by atoms with Crippen LogP contribution in [-0.4, -0.2) is 13.7 Å². The summed E-state index contributed by atoms with van der Waals surface area (Å²) in [6.45, 7) is 3.21. The van der Waals surface area contributed by atoms with Crippen molar-refractivity contribution in [2.45, 2.75) is 13.5 Å². The number of anilines is 1. The maximum atomic E-state index is 6.16. The summed E-state index contributed by atoms with van der Waals surface area (Å²) < 4.78 is 11.8. The van der Waals surface area contributed by atoms with Gasteiger partial charge in [0.2, 0.25) is 0 Å². The van der Waals surface area contributed by atoms with Crippen molar-refractivity contribution in [1.29, 1.82) is 0 Å². The molecule has 0 aliphatic rings. The first-order valence-corrected chi connectivity index (χ1v) is 7.79. The van der Waals surface area contributed by atoms with Crippen LogP contribution in [0.15, 0.2) is 40.9 Å². The van der Waals surface area contributed by atoms with Gasteiger partial charge in [-0.2, -0.15) is 0 Å². The van der Waals surface area contributed by atoms with Crippen molar-refractivity contribution >= 4 is 33.2 Å². The van der Waals surface area contributed by atoms with Gasteiger partial charge in [0.15, 0.2) is 11.5 Å². The Morgan fingerprint density at radius 3 is 2.67 bits per heavy atom. The van der Waals surface area contributed by atoms with E-state index in [1.165, 1.54) is 0 Å². The normalized spacial score (nSPS) is 10.3. The summed E-state index contributed by atoms with van der Waals surface area (Å²) in [5.41, 5.74) is 1.98. The van der Waals surface area contributed by atoms with Crippen LogP contribution in [0.25, 0.3) is 0 Å². The summed E-state index contributed by atoms with van der Waals surface area (Å²) in [5.74, 6) is 1.49. The highest BCUT2D eigenvalue weighted by Crippen LogP contribution is 2.29. The van der Waals surface area contributed by atoms with Crippen LogP contribution in [0.3, 0.4) is 0 Å². The van der Waals surface area contributed by atoms with Crippen LogP contribution in [0.4, 0.5) is 5.69 Å². The smallest absolute Gasteiger partial charge is 0.161 e. The number of hydrogen-bond donors (Lipinski definition) is 1. The Balaban J connectivity index is 2.11. The second kappa shape index (κ2) is 7.57. The first kappa shape index (κ1) is 16.0. The Bertz CT molecular complexity index is 619. The van der Waals surface area contributed by atoms with Crippen molar-refractivity contribution in [2.75, 3.05) is 19.0 Å². The van der Waals surface area contributed by atoms with Crippen molar-refractivity contribution in [2.24, 2.45) is 0 Å². The van der Waals surface area contributed by atoms with E-state index in [1.54, 1.807) is 7.11 Å². The minimum Gasteiger partial charge on any atom is -0.493 e. The quantitative estimate of drug-likeness (QED) is 0.765. The maximum Gasteiger partial charge on any atom is 0.161 e. The van der Waals surface area contributed by atoms with Crippen molar-refractivity contribution < 1.29 is 9.47 Å². The van der Waals surface area contributed by atoms with Gasteiger partial charge in [-0.15, -0.1) is 0 Å². The summed E-state index contributed by atoms with van der Waals surface area (Å²) in [6.07, 6.45) is 0. The van der Waals surface area contributed by atoms with Gasteiger partial charge in [0, 0.05) is 11.0 Å². The second-order valence-corrected chi connectivity index (χ2v) is 5.72. The molecule has 0 amide bonds. The highest BCUT2D eigenvalue weighted by Gasteiger charge is 2.06. The molecular formula is C16H17BrClNO2. The lowest BCUT2D eigenvalue weighted by Gasteiger charge is -2.13. The van der Waals surface area contributed by atoms with E-state index >= 15 is 0 Å². The van der Waals surface area contributed by atoms with Gasteiger partial charge in [-0.1, -0.05) is 33.6 Å². The van der Waals surface area contributed by atoms with Gasteiger partial charge in [-0.3, -0.25) is 0 Å². The zero-order valence-electron chi connectivity index (χ0n) is 12.0. The number of benzene rings is 2. The molecule has 21 heavy (non-hydrogen) atoms. The zero-order valence-corrected chi connectivity index (χ0v) is 14.3. The third kappa shape index (κ3) is 4.29. The first-order chi connectivity index (χ1) is 10.1. The molecule has 3 nitrogen and oxygen atoms in total. The number of ether oxygens (including phenoxy) is 2. The van der Waals surface area contributed by atoms with E-state index in [-0.39, 0.29) is 0 Å². The van der Waals surface area contributed by atoms with E-state index in [2.05, 4.69) is 21.2 Å². The average Bonchev–Trinajstić information content (AvgIpc) is 2.49. The fourth-order valence-electron chi connectivity index (χ4n) is 1.93. The van der Waals surface area contributed by atoms with Crippen LogP contribution >= 0.6 is 27.5 Å². The van der Waals surface area contributed by atoms with Gasteiger partial charge >= 0.3 is 0 Å². The Labute approximate surface area is 138 Å². The number of rotatable bonds is 6. The molecule has 0 fully saturated rings. The van der Waals surface area contributed by atoms with Gasteiger partial charge in [0.05, 0.1) is 24.4 Å². The van der Waals surface area contributed by atoms with Crippen molar-refractivity contribution in [3.63, 3.8) is 0 Å². The molecular weight excluding hydrogens is 354 g/mol. The topological polar surface area (TPSA) is 30.5 Å². The first-order valence-electron chi connectivity index (χ1n) is 6.62. The van der Waals surface area contributed by atoms with Crippen LogP contribution in [0, 0.1) is 0 Å². The van der Waals surface area contributed by atoms with E-state index in [0.29, 0.717) is 18.2 Å². The van der Waals surface area contributed by atoms with Crippen LogP contribution in [0.2, 0.25) is 5.02 Å². The fraction of sp³-hybridized carbons (Fsp3) is 0.250. The maximum absolute atomic E-state index is 6.16. The lowest BCUT2D eigenvalue weighted by atomic mass is 10.2. The predicted molar refractivity (Wildman–Crippen MR) is 90.6 cm³/mol. The van der Waals surface area contributed by atoms with Crippen LogP contribution in [0.1, 0.15) is 12.5 Å². The summed E-state index contributed by atoms with van der Waals surface area (Å²) in [4.78, 5) is 0. The van der Waals surface area contributed by atoms with E-state index in [9.17, 15) is 0 Å². The minimum absolute atomic E-state index is 0.613. The highest BCUT2D eigenvalue weighted by atomic mass is 79.9. The molecule has 0 spiro atoms. The van der Waals surface area contributed by atoms with Crippen LogP contribution < -0.4 is 14.8 Å². The van der Waals surface area contributed by atoms with E-state index in [4.69, 9.17) is 21.1 Å². The van der Waals surface area contributed by atoms with Crippen molar-refractivity contribution in [3.05, 3.63) is 51.5 Å². The number of nitrogens with one attached hydrogen (secondary N) is 1. The molecule has 2 aromatic rings. The molecule has 0 bridgehead atoms. The summed E-state index contributed by atoms with van der Waals surface area (Å²) in [5, 5.41) is 4.01. The molecule has 5 heteroatoms. The molecule has 112 valence electrons. The van der Waals surface area contributed by atoms with Gasteiger partial charge in [-0.25, -0.2) is 0 Å². The Hall–Kier alpha value is -1.39. The molecule has 0 heterocycles. The molecule has 0 saturated heterocycles. The van der Waals surface area contributed by atoms with Crippen LogP contribution in [-0.2, 0) is 6.54 Å². The van der Waals surface area contributed by atoms with Gasteiger partial charge < -0.3 is 14.8 Å². The third-order valence-corrected chi connectivity index (χ3v) is 3.76. The summed E-state index contributed by atoms with van der Waals surface area (Å²) in [6, 6.07) is 11.6. The lowest BCUT2D eigenvalue weighted by molar-refractivity contribution is 0.310. The Morgan fingerprint density at radius 2 is 1.95 bits per heavy atom. The molecule has 0 aliphatic carbocycles. The molecule has 0 aromatic heterocycles. The highest BCUT2D eigenvalue weighted by molar-refractivity contribution is 9.10. The van der Waals surface area contributed by atoms with Crippen molar-refractivity contribution in [3.8, 4) is 11.5 Å². The average molecular weight is 371 g/mol. The van der Waals surface area contributed by atoms with Gasteiger partial charge in [0.1, 0.15) is 0 Å². The van der Waals surface area contributed by atoms with Gasteiger partial charge in [0.25, 0.3) is 0 Å². The van der Waals surface area contributed by atoms with E-state index in [1.807, 2.05) is 43.3 Å². The second-order valence-electron chi connectivity index (χ2n) is 4.40. The number of hydrogen-bond acceptors (Lipinski definition) is 3. The molecule has 0 radical (unpaired) electrons. The Kier molecular flexibility index (Phi) is 5.76. The molecule has 0 atom stereocenters. The summed E-state index contributed by atoms with van der Waals surface area (Å²) in [7, 11) is 1.64. The van der Waals surface area contributed by atoms with Crippen LogP contribution in [0.5, 0.6) is 11.5 Å². The third-order valence-electron chi connectivity index (χ3n) is 2.94. The molecule has 0 unspecified atom stereocenters. The molecule has 0 aliphatic heterocycles. The monoisotopic (exact) mass is 369 g/mol.